The highest BCUT2D eigenvalue weighted by Crippen LogP contribution is 2.18. The van der Waals surface area contributed by atoms with Gasteiger partial charge >= 0.3 is 0 Å². The first kappa shape index (κ1) is 19.2. The molecular weight excluding hydrogens is 318 g/mol. The van der Waals surface area contributed by atoms with Crippen LogP contribution in [0.5, 0.6) is 5.75 Å². The lowest BCUT2D eigenvalue weighted by atomic mass is 9.97. The molecule has 1 aliphatic heterocycles. The van der Waals surface area contributed by atoms with Crippen LogP contribution < -0.4 is 15.8 Å². The lowest BCUT2D eigenvalue weighted by Crippen LogP contribution is -2.45. The molecule has 6 heteroatoms. The fourth-order valence-electron chi connectivity index (χ4n) is 2.97. The number of ether oxygens (including phenoxy) is 1. The van der Waals surface area contributed by atoms with E-state index in [0.29, 0.717) is 32.7 Å². The normalized spacial score (nSPS) is 17.2. The second-order valence-corrected chi connectivity index (χ2v) is 6.38. The van der Waals surface area contributed by atoms with Gasteiger partial charge in [0.2, 0.25) is 11.8 Å². The minimum Gasteiger partial charge on any atom is -0.493 e. The number of carbonyl (C=O) groups is 2. The molecule has 1 aromatic carbocycles. The number of hydrogen-bond donors (Lipinski definition) is 2. The maximum Gasteiger partial charge on any atom is 0.226 e. The van der Waals surface area contributed by atoms with Gasteiger partial charge in [-0.05, 0) is 44.4 Å². The van der Waals surface area contributed by atoms with E-state index >= 15 is 0 Å². The smallest absolute Gasteiger partial charge is 0.226 e. The van der Waals surface area contributed by atoms with Gasteiger partial charge in [0.1, 0.15) is 5.75 Å². The Morgan fingerprint density at radius 2 is 2.04 bits per heavy atom. The Bertz CT molecular complexity index is 536. The molecular formula is C19H29N3O3. The number of likely N-dealkylation sites (tertiary alicyclic amines) is 1. The van der Waals surface area contributed by atoms with Crippen LogP contribution >= 0.6 is 0 Å². The van der Waals surface area contributed by atoms with E-state index in [1.165, 1.54) is 0 Å². The summed E-state index contributed by atoms with van der Waals surface area (Å²) in [6.07, 6.45) is 3.85. The van der Waals surface area contributed by atoms with Crippen LogP contribution in [0.15, 0.2) is 30.3 Å². The second kappa shape index (κ2) is 10.7. The molecule has 1 aliphatic rings. The summed E-state index contributed by atoms with van der Waals surface area (Å²) < 4.78 is 5.58. The van der Waals surface area contributed by atoms with Gasteiger partial charge in [0.25, 0.3) is 0 Å². The zero-order chi connectivity index (χ0) is 17.9. The Kier molecular flexibility index (Phi) is 8.25. The third-order valence-electron chi connectivity index (χ3n) is 4.40. The molecule has 1 heterocycles. The van der Waals surface area contributed by atoms with Crippen LogP contribution in [0.1, 0.15) is 32.1 Å². The summed E-state index contributed by atoms with van der Waals surface area (Å²) in [5.74, 6) is 0.765. The fraction of sp³-hybridized carbons (Fsp3) is 0.579. The molecule has 0 saturated carbocycles. The molecule has 1 saturated heterocycles. The van der Waals surface area contributed by atoms with E-state index < -0.39 is 0 Å². The summed E-state index contributed by atoms with van der Waals surface area (Å²) in [5.41, 5.74) is 5.45. The summed E-state index contributed by atoms with van der Waals surface area (Å²) in [4.78, 5) is 26.4. The molecule has 0 aromatic heterocycles. The molecule has 0 spiro atoms. The summed E-state index contributed by atoms with van der Waals surface area (Å²) >= 11 is 0. The maximum atomic E-state index is 12.4. The number of carbonyl (C=O) groups excluding carboxylic acids is 2. The third-order valence-corrected chi connectivity index (χ3v) is 4.40. The van der Waals surface area contributed by atoms with Crippen LogP contribution in [-0.4, -0.2) is 49.5 Å². The van der Waals surface area contributed by atoms with Crippen LogP contribution in [0.2, 0.25) is 0 Å². The number of amides is 2. The predicted octanol–water partition coefficient (Wildman–Crippen LogP) is 1.55. The number of nitrogens with zero attached hydrogens (tertiary/aromatic N) is 1. The molecule has 6 nitrogen and oxygen atoms in total. The van der Waals surface area contributed by atoms with Gasteiger partial charge in [0.05, 0.1) is 18.9 Å². The molecule has 1 unspecified atom stereocenters. The SMILES string of the molecule is NCCCCNC(=O)C1CCCN(C(=O)CCOc2ccccc2)C1. The lowest BCUT2D eigenvalue weighted by molar-refractivity contribution is -0.136. The zero-order valence-corrected chi connectivity index (χ0v) is 14.8. The van der Waals surface area contributed by atoms with E-state index in [1.807, 2.05) is 30.3 Å². The number of piperidine rings is 1. The highest BCUT2D eigenvalue weighted by atomic mass is 16.5. The quantitative estimate of drug-likeness (QED) is 0.664. The number of benzene rings is 1. The van der Waals surface area contributed by atoms with E-state index in [4.69, 9.17) is 10.5 Å². The Morgan fingerprint density at radius 1 is 1.24 bits per heavy atom. The summed E-state index contributed by atoms with van der Waals surface area (Å²) in [6, 6.07) is 9.47. The standard InChI is InChI=1S/C19H29N3O3/c20-11-4-5-12-21-19(24)16-7-6-13-22(15-16)18(23)10-14-25-17-8-2-1-3-9-17/h1-3,8-9,16H,4-7,10-15,20H2,(H,21,24). The van der Waals surface area contributed by atoms with Gasteiger partial charge in [-0.25, -0.2) is 0 Å². The summed E-state index contributed by atoms with van der Waals surface area (Å²) in [6.45, 7) is 2.89. The highest BCUT2D eigenvalue weighted by molar-refractivity contribution is 5.81. The van der Waals surface area contributed by atoms with E-state index in [-0.39, 0.29) is 17.7 Å². The van der Waals surface area contributed by atoms with Crippen LogP contribution in [-0.2, 0) is 9.59 Å². The number of para-hydroxylation sites is 1. The molecule has 138 valence electrons. The average molecular weight is 347 g/mol. The minimum absolute atomic E-state index is 0.0510. The van der Waals surface area contributed by atoms with Crippen LogP contribution in [0.25, 0.3) is 0 Å². The van der Waals surface area contributed by atoms with Crippen molar-refractivity contribution in [2.24, 2.45) is 11.7 Å². The van der Waals surface area contributed by atoms with Gasteiger partial charge in [0, 0.05) is 19.6 Å². The Hall–Kier alpha value is -2.08. The number of rotatable bonds is 9. The Morgan fingerprint density at radius 3 is 2.80 bits per heavy atom. The molecule has 3 N–H and O–H groups in total. The van der Waals surface area contributed by atoms with Crippen LogP contribution in [0.4, 0.5) is 0 Å². The molecule has 0 bridgehead atoms. The van der Waals surface area contributed by atoms with Gasteiger partial charge in [-0.1, -0.05) is 18.2 Å². The predicted molar refractivity (Wildman–Crippen MR) is 97.2 cm³/mol. The number of nitrogens with two attached hydrogens (primary N) is 1. The monoisotopic (exact) mass is 347 g/mol. The first-order valence-electron chi connectivity index (χ1n) is 9.14. The zero-order valence-electron chi connectivity index (χ0n) is 14.8. The molecule has 25 heavy (non-hydrogen) atoms. The fourth-order valence-corrected chi connectivity index (χ4v) is 2.97. The van der Waals surface area contributed by atoms with Crippen molar-refractivity contribution in [2.75, 3.05) is 32.8 Å². The summed E-state index contributed by atoms with van der Waals surface area (Å²) in [7, 11) is 0. The topological polar surface area (TPSA) is 84.7 Å². The molecule has 2 rings (SSSR count). The van der Waals surface area contributed by atoms with Crippen molar-refractivity contribution >= 4 is 11.8 Å². The average Bonchev–Trinajstić information content (AvgIpc) is 2.66. The first-order chi connectivity index (χ1) is 12.2. The van der Waals surface area contributed by atoms with E-state index in [9.17, 15) is 9.59 Å². The Balaban J connectivity index is 1.70. The van der Waals surface area contributed by atoms with Crippen LogP contribution in [0.3, 0.4) is 0 Å². The third kappa shape index (κ3) is 6.74. The van der Waals surface area contributed by atoms with Crippen molar-refractivity contribution in [3.8, 4) is 5.75 Å². The highest BCUT2D eigenvalue weighted by Gasteiger charge is 2.27. The largest absolute Gasteiger partial charge is 0.493 e. The van der Waals surface area contributed by atoms with E-state index in [1.54, 1.807) is 4.90 Å². The molecule has 1 fully saturated rings. The molecule has 2 amide bonds. The van der Waals surface area contributed by atoms with Gasteiger partial charge in [-0.3, -0.25) is 9.59 Å². The molecule has 1 aromatic rings. The van der Waals surface area contributed by atoms with Gasteiger partial charge in [-0.2, -0.15) is 0 Å². The number of hydrogen-bond acceptors (Lipinski definition) is 4. The van der Waals surface area contributed by atoms with Crippen molar-refractivity contribution in [2.45, 2.75) is 32.1 Å². The summed E-state index contributed by atoms with van der Waals surface area (Å²) in [5, 5.41) is 2.95. The molecule has 1 atom stereocenters. The van der Waals surface area contributed by atoms with Gasteiger partial charge in [0.15, 0.2) is 0 Å². The minimum atomic E-state index is -0.106. The van der Waals surface area contributed by atoms with Crippen molar-refractivity contribution in [1.82, 2.24) is 10.2 Å². The molecule has 0 radical (unpaired) electrons. The van der Waals surface area contributed by atoms with Crippen LogP contribution in [0, 0.1) is 5.92 Å². The van der Waals surface area contributed by atoms with E-state index in [2.05, 4.69) is 5.32 Å². The number of unbranched alkanes of at least 4 members (excludes halogenated alkanes) is 1. The first-order valence-corrected chi connectivity index (χ1v) is 9.14. The number of nitrogens with one attached hydrogen (secondary N) is 1. The van der Waals surface area contributed by atoms with E-state index in [0.717, 1.165) is 38.0 Å². The molecule has 0 aliphatic carbocycles. The van der Waals surface area contributed by atoms with Crippen molar-refractivity contribution in [3.05, 3.63) is 30.3 Å². The second-order valence-electron chi connectivity index (χ2n) is 6.38. The van der Waals surface area contributed by atoms with Crippen molar-refractivity contribution in [1.29, 1.82) is 0 Å². The van der Waals surface area contributed by atoms with Gasteiger partial charge < -0.3 is 20.7 Å². The van der Waals surface area contributed by atoms with Crippen molar-refractivity contribution < 1.29 is 14.3 Å². The van der Waals surface area contributed by atoms with Crippen molar-refractivity contribution in [3.63, 3.8) is 0 Å². The van der Waals surface area contributed by atoms with Gasteiger partial charge in [-0.15, -0.1) is 0 Å². The lowest BCUT2D eigenvalue weighted by Gasteiger charge is -2.32. The maximum absolute atomic E-state index is 12.4. The Labute approximate surface area is 149 Å².